The van der Waals surface area contributed by atoms with Crippen LogP contribution < -0.4 is 5.73 Å². The molecule has 0 amide bonds. The maximum atomic E-state index is 10.6. The number of carboxylic acid groups (broad SMARTS) is 2. The first kappa shape index (κ1) is 23.4. The zero-order chi connectivity index (χ0) is 19.8. The molecule has 2 aliphatic heterocycles. The van der Waals surface area contributed by atoms with Crippen LogP contribution in [0.15, 0.2) is 0 Å². The van der Waals surface area contributed by atoms with Crippen molar-refractivity contribution < 1.29 is 50.9 Å². The Kier molecular flexibility index (Phi) is 9.15. The number of carbonyl (C=O) groups is 2. The van der Waals surface area contributed by atoms with Crippen molar-refractivity contribution >= 4 is 11.9 Å². The molecule has 0 unspecified atom stereocenters. The molecule has 0 radical (unpaired) electrons. The summed E-state index contributed by atoms with van der Waals surface area (Å²) in [5.41, 5.74) is 5.80. The third-order valence-corrected chi connectivity index (χ3v) is 3.20. The largest absolute Gasteiger partial charge is 0.490 e. The van der Waals surface area contributed by atoms with E-state index in [9.17, 15) is 26.3 Å². The first-order valence-electron chi connectivity index (χ1n) is 6.92. The summed E-state index contributed by atoms with van der Waals surface area (Å²) in [4.78, 5) is 20.3. The molecule has 0 saturated carbocycles. The lowest BCUT2D eigenvalue weighted by Gasteiger charge is -2.40. The van der Waals surface area contributed by atoms with Crippen molar-refractivity contribution in [3.63, 3.8) is 0 Å². The number of halogens is 6. The molecule has 2 rings (SSSR count). The zero-order valence-electron chi connectivity index (χ0n) is 12.8. The maximum Gasteiger partial charge on any atom is 0.490 e. The van der Waals surface area contributed by atoms with E-state index >= 15 is 0 Å². The van der Waals surface area contributed by atoms with E-state index in [0.717, 1.165) is 26.1 Å². The van der Waals surface area contributed by atoms with E-state index in [2.05, 4.69) is 4.90 Å². The third-order valence-electron chi connectivity index (χ3n) is 3.20. The molecule has 0 aromatic heterocycles. The number of hydrogen-bond acceptors (Lipinski definition) is 5. The molecule has 2 heterocycles. The summed E-state index contributed by atoms with van der Waals surface area (Å²) in [6.45, 7) is 4.23. The van der Waals surface area contributed by atoms with Gasteiger partial charge in [0.2, 0.25) is 0 Å². The molecule has 2 saturated heterocycles. The van der Waals surface area contributed by atoms with Crippen molar-refractivity contribution in [2.45, 2.75) is 37.3 Å². The van der Waals surface area contributed by atoms with Crippen LogP contribution in [-0.4, -0.2) is 77.8 Å². The Morgan fingerprint density at radius 2 is 1.24 bits per heavy atom. The minimum atomic E-state index is -5.08. The average Bonchev–Trinajstić information content (AvgIpc) is 2.38. The topological polar surface area (TPSA) is 113 Å². The lowest BCUT2D eigenvalue weighted by Crippen LogP contribution is -2.53. The van der Waals surface area contributed by atoms with Crippen LogP contribution in [0.25, 0.3) is 0 Å². The lowest BCUT2D eigenvalue weighted by molar-refractivity contribution is -0.193. The van der Waals surface area contributed by atoms with Gasteiger partial charge in [0, 0.05) is 19.1 Å². The number of rotatable bonds is 1. The van der Waals surface area contributed by atoms with Gasteiger partial charge in [-0.1, -0.05) is 0 Å². The molecule has 0 aromatic carbocycles. The van der Waals surface area contributed by atoms with E-state index in [1.807, 2.05) is 0 Å². The number of hydrogen-bond donors (Lipinski definition) is 3. The first-order chi connectivity index (χ1) is 11.2. The molecule has 0 aliphatic carbocycles. The van der Waals surface area contributed by atoms with E-state index in [1.54, 1.807) is 0 Å². The molecule has 0 aromatic rings. The molecule has 7 nitrogen and oxygen atoms in total. The second kappa shape index (κ2) is 9.77. The van der Waals surface area contributed by atoms with Gasteiger partial charge < -0.3 is 20.7 Å². The quantitative estimate of drug-likeness (QED) is 0.580. The third kappa shape index (κ3) is 10.1. The van der Waals surface area contributed by atoms with Gasteiger partial charge in [-0.15, -0.1) is 0 Å². The fraction of sp³-hybridized carbons (Fsp3) is 0.833. The first-order valence-corrected chi connectivity index (χ1v) is 6.92. The predicted octanol–water partition coefficient (Wildman–Crippen LogP) is 1.07. The molecule has 0 spiro atoms. The molecule has 148 valence electrons. The Morgan fingerprint density at radius 3 is 1.44 bits per heavy atom. The van der Waals surface area contributed by atoms with Gasteiger partial charge in [-0.25, -0.2) is 9.59 Å². The summed E-state index contributed by atoms with van der Waals surface area (Å²) < 4.78 is 68.6. The molecule has 2 aliphatic rings. The Bertz CT molecular complexity index is 407. The molecular formula is C12H18F6N2O5. The molecule has 0 bridgehead atoms. The number of nitrogens with two attached hydrogens (primary N) is 1. The Labute approximate surface area is 138 Å². The number of alkyl halides is 6. The molecule has 25 heavy (non-hydrogen) atoms. The van der Waals surface area contributed by atoms with Crippen LogP contribution in [0.2, 0.25) is 0 Å². The molecule has 13 heteroatoms. The van der Waals surface area contributed by atoms with E-state index in [1.165, 1.54) is 13.1 Å². The normalized spacial score (nSPS) is 19.6. The van der Waals surface area contributed by atoms with Crippen molar-refractivity contribution in [1.29, 1.82) is 0 Å². The van der Waals surface area contributed by atoms with Crippen molar-refractivity contribution in [1.82, 2.24) is 4.90 Å². The molecule has 2 fully saturated rings. The number of likely N-dealkylation sites (tertiary alicyclic amines) is 1. The molecular weight excluding hydrogens is 366 g/mol. The van der Waals surface area contributed by atoms with Crippen LogP contribution in [0.1, 0.15) is 12.8 Å². The van der Waals surface area contributed by atoms with Crippen LogP contribution in [0.3, 0.4) is 0 Å². The number of piperidine rings is 1. The van der Waals surface area contributed by atoms with Gasteiger partial charge in [-0.05, 0) is 12.8 Å². The van der Waals surface area contributed by atoms with Gasteiger partial charge in [-0.2, -0.15) is 26.3 Å². The monoisotopic (exact) mass is 384 g/mol. The van der Waals surface area contributed by atoms with Gasteiger partial charge in [0.1, 0.15) is 0 Å². The number of aliphatic carboxylic acids is 2. The second-order valence-electron chi connectivity index (χ2n) is 5.17. The lowest BCUT2D eigenvalue weighted by atomic mass is 10.0. The summed E-state index contributed by atoms with van der Waals surface area (Å²) in [5.74, 6) is -5.51. The fourth-order valence-electron chi connectivity index (χ4n) is 1.72. The van der Waals surface area contributed by atoms with Gasteiger partial charge in [0.25, 0.3) is 0 Å². The highest BCUT2D eigenvalue weighted by Crippen LogP contribution is 2.16. The molecule has 4 N–H and O–H groups in total. The predicted molar refractivity (Wildman–Crippen MR) is 70.8 cm³/mol. The van der Waals surface area contributed by atoms with Gasteiger partial charge in [0.05, 0.1) is 19.3 Å². The Balaban J connectivity index is 0.000000366. The summed E-state index contributed by atoms with van der Waals surface area (Å²) in [7, 11) is 0. The van der Waals surface area contributed by atoms with Crippen LogP contribution in [-0.2, 0) is 14.3 Å². The van der Waals surface area contributed by atoms with Crippen LogP contribution in [0.5, 0.6) is 0 Å². The second-order valence-corrected chi connectivity index (χ2v) is 5.17. The van der Waals surface area contributed by atoms with E-state index in [0.29, 0.717) is 12.1 Å². The summed E-state index contributed by atoms with van der Waals surface area (Å²) in [5, 5.41) is 14.2. The van der Waals surface area contributed by atoms with Crippen LogP contribution >= 0.6 is 0 Å². The SMILES string of the molecule is NC1CCN(C2COC2)CC1.O=C(O)C(F)(F)F.O=C(O)C(F)(F)F. The highest BCUT2D eigenvalue weighted by Gasteiger charge is 2.38. The zero-order valence-corrected chi connectivity index (χ0v) is 12.8. The highest BCUT2D eigenvalue weighted by atomic mass is 19.4. The van der Waals surface area contributed by atoms with Crippen molar-refractivity contribution in [2.24, 2.45) is 5.73 Å². The van der Waals surface area contributed by atoms with Crippen LogP contribution in [0.4, 0.5) is 26.3 Å². The molecule has 0 atom stereocenters. The van der Waals surface area contributed by atoms with E-state index < -0.39 is 24.3 Å². The maximum absolute atomic E-state index is 10.6. The Morgan fingerprint density at radius 1 is 0.920 bits per heavy atom. The standard InChI is InChI=1S/C8H16N2O.2C2HF3O2/c9-7-1-3-10(4-2-7)8-5-11-6-8;2*3-2(4,5)1(6)7/h7-8H,1-6,9H2;2*(H,6,7). The summed E-state index contributed by atoms with van der Waals surface area (Å²) in [6, 6.07) is 1.16. The van der Waals surface area contributed by atoms with E-state index in [4.69, 9.17) is 30.3 Å². The van der Waals surface area contributed by atoms with Gasteiger partial charge >= 0.3 is 24.3 Å². The minimum absolute atomic E-state index is 0.451. The smallest absolute Gasteiger partial charge is 0.475 e. The minimum Gasteiger partial charge on any atom is -0.475 e. The average molecular weight is 384 g/mol. The fourth-order valence-corrected chi connectivity index (χ4v) is 1.72. The van der Waals surface area contributed by atoms with E-state index in [-0.39, 0.29) is 0 Å². The Hall–Kier alpha value is -1.60. The number of ether oxygens (including phenoxy) is 1. The highest BCUT2D eigenvalue weighted by molar-refractivity contribution is 5.73. The van der Waals surface area contributed by atoms with Gasteiger partial charge in [0.15, 0.2) is 0 Å². The van der Waals surface area contributed by atoms with Crippen molar-refractivity contribution in [2.75, 3.05) is 26.3 Å². The van der Waals surface area contributed by atoms with Crippen molar-refractivity contribution in [3.05, 3.63) is 0 Å². The number of carboxylic acids is 2. The van der Waals surface area contributed by atoms with Gasteiger partial charge in [-0.3, -0.25) is 4.90 Å². The van der Waals surface area contributed by atoms with Crippen molar-refractivity contribution in [3.8, 4) is 0 Å². The number of nitrogens with zero attached hydrogens (tertiary/aromatic N) is 1. The van der Waals surface area contributed by atoms with Crippen LogP contribution in [0, 0.1) is 0 Å². The summed E-state index contributed by atoms with van der Waals surface area (Å²) in [6.07, 6.45) is -7.84. The summed E-state index contributed by atoms with van der Waals surface area (Å²) >= 11 is 0.